The maximum atomic E-state index is 11.4. The normalized spacial score (nSPS) is 11.1. The van der Waals surface area contributed by atoms with E-state index in [1.165, 1.54) is 23.9 Å². The topological polar surface area (TPSA) is 136 Å². The number of hydrogen-bond donors (Lipinski definition) is 3. The summed E-state index contributed by atoms with van der Waals surface area (Å²) in [4.78, 5) is 32.4. The maximum Gasteiger partial charge on any atom is 0.322 e. The number of rotatable bonds is 7. The molecule has 10 heteroatoms. The van der Waals surface area contributed by atoms with Gasteiger partial charge in [0.15, 0.2) is 0 Å². The minimum atomic E-state index is -1.14. The van der Waals surface area contributed by atoms with Gasteiger partial charge < -0.3 is 16.2 Å². The number of carbonyl (C=O) groups is 2. The molecular formula is C11H14ClN3O5S. The summed E-state index contributed by atoms with van der Waals surface area (Å²) in [6.45, 7) is -0.477. The second-order valence-corrected chi connectivity index (χ2v) is 4.87. The second kappa shape index (κ2) is 9.16. The minimum Gasteiger partial charge on any atom is -0.480 e. The molecule has 0 radical (unpaired) electrons. The van der Waals surface area contributed by atoms with Gasteiger partial charge in [0.1, 0.15) is 6.54 Å². The van der Waals surface area contributed by atoms with Crippen LogP contribution in [0.4, 0.5) is 5.69 Å². The molecule has 1 rings (SSSR count). The number of nitrogens with two attached hydrogens (primary N) is 1. The van der Waals surface area contributed by atoms with Crippen LogP contribution in [0.5, 0.6) is 0 Å². The Morgan fingerprint density at radius 2 is 1.95 bits per heavy atom. The molecule has 1 unspecified atom stereocenters. The zero-order chi connectivity index (χ0) is 15.1. The summed E-state index contributed by atoms with van der Waals surface area (Å²) in [6.07, 6.45) is 0. The number of hydrogen-bond acceptors (Lipinski definition) is 6. The molecule has 1 aromatic carbocycles. The van der Waals surface area contributed by atoms with Crippen LogP contribution in [0, 0.1) is 10.1 Å². The molecule has 4 N–H and O–H groups in total. The fourth-order valence-electron chi connectivity index (χ4n) is 1.22. The lowest BCUT2D eigenvalue weighted by molar-refractivity contribution is -0.384. The zero-order valence-corrected chi connectivity index (χ0v) is 12.4. The summed E-state index contributed by atoms with van der Waals surface area (Å²) >= 11 is 1.26. The molecule has 0 heterocycles. The van der Waals surface area contributed by atoms with Crippen molar-refractivity contribution in [2.24, 2.45) is 5.73 Å². The van der Waals surface area contributed by atoms with E-state index in [9.17, 15) is 19.7 Å². The largest absolute Gasteiger partial charge is 0.480 e. The molecule has 1 atom stereocenters. The number of thioether (sulfide) groups is 1. The van der Waals surface area contributed by atoms with Gasteiger partial charge in [0.05, 0.1) is 11.0 Å². The zero-order valence-electron chi connectivity index (χ0n) is 10.7. The Hall–Kier alpha value is -1.84. The molecule has 116 valence electrons. The Labute approximate surface area is 130 Å². The van der Waals surface area contributed by atoms with Crippen molar-refractivity contribution in [3.8, 4) is 0 Å². The highest BCUT2D eigenvalue weighted by molar-refractivity contribution is 7.99. The number of nitrogens with one attached hydrogen (secondary N) is 1. The van der Waals surface area contributed by atoms with Gasteiger partial charge in [-0.2, -0.15) is 0 Å². The molecule has 0 aliphatic rings. The number of carboxylic acids is 1. The highest BCUT2D eigenvalue weighted by Crippen LogP contribution is 2.21. The predicted molar refractivity (Wildman–Crippen MR) is 79.7 cm³/mol. The van der Waals surface area contributed by atoms with Crippen LogP contribution < -0.4 is 11.1 Å². The van der Waals surface area contributed by atoms with Crippen molar-refractivity contribution in [3.05, 3.63) is 34.4 Å². The molecule has 1 amide bonds. The third kappa shape index (κ3) is 6.93. The SMILES string of the molecule is Cl.NC(CSc1ccc([N+](=O)[O-])cc1)C(=O)NCC(=O)O. The fraction of sp³-hybridized carbons (Fsp3) is 0.273. The van der Waals surface area contributed by atoms with Crippen LogP contribution in [0.15, 0.2) is 29.2 Å². The first-order valence-corrected chi connectivity index (χ1v) is 6.51. The number of nitro benzene ring substituents is 1. The van der Waals surface area contributed by atoms with Crippen LogP contribution in [-0.2, 0) is 9.59 Å². The molecule has 0 aliphatic carbocycles. The van der Waals surface area contributed by atoms with Gasteiger partial charge in [-0.1, -0.05) is 0 Å². The first kappa shape index (κ1) is 19.2. The van der Waals surface area contributed by atoms with Crippen molar-refractivity contribution >= 4 is 41.7 Å². The van der Waals surface area contributed by atoms with Crippen molar-refractivity contribution in [2.45, 2.75) is 10.9 Å². The van der Waals surface area contributed by atoms with Crippen LogP contribution in [0.3, 0.4) is 0 Å². The van der Waals surface area contributed by atoms with E-state index in [-0.39, 0.29) is 23.8 Å². The summed E-state index contributed by atoms with van der Waals surface area (Å²) < 4.78 is 0. The van der Waals surface area contributed by atoms with Gasteiger partial charge >= 0.3 is 5.97 Å². The fourth-order valence-corrected chi connectivity index (χ4v) is 2.07. The van der Waals surface area contributed by atoms with E-state index in [0.717, 1.165) is 4.90 Å². The van der Waals surface area contributed by atoms with Crippen LogP contribution in [0.2, 0.25) is 0 Å². The van der Waals surface area contributed by atoms with E-state index in [0.29, 0.717) is 0 Å². The number of nitrogens with zero attached hydrogens (tertiary/aromatic N) is 1. The summed E-state index contributed by atoms with van der Waals surface area (Å²) in [6, 6.07) is 4.99. The monoisotopic (exact) mass is 335 g/mol. The standard InChI is InChI=1S/C11H13N3O5S.ClH/c12-9(11(17)13-5-10(15)16)6-20-8-3-1-7(2-4-8)14(18)19;/h1-4,9H,5-6,12H2,(H,13,17)(H,15,16);1H. The Morgan fingerprint density at radius 1 is 1.38 bits per heavy atom. The van der Waals surface area contributed by atoms with E-state index < -0.39 is 29.4 Å². The molecule has 0 saturated heterocycles. The number of benzene rings is 1. The summed E-state index contributed by atoms with van der Waals surface area (Å²) in [5.74, 6) is -1.46. The van der Waals surface area contributed by atoms with E-state index in [4.69, 9.17) is 10.8 Å². The maximum absolute atomic E-state index is 11.4. The van der Waals surface area contributed by atoms with E-state index in [1.807, 2.05) is 0 Å². The Bertz CT molecular complexity index is 511. The number of non-ortho nitro benzene ring substituents is 1. The number of nitro groups is 1. The number of aliphatic carboxylic acids is 1. The van der Waals surface area contributed by atoms with Gasteiger partial charge in [0, 0.05) is 22.8 Å². The lowest BCUT2D eigenvalue weighted by atomic mass is 10.3. The van der Waals surface area contributed by atoms with Gasteiger partial charge in [0.2, 0.25) is 5.91 Å². The number of amides is 1. The Balaban J connectivity index is 0.00000400. The minimum absolute atomic E-state index is 0. The molecular weight excluding hydrogens is 322 g/mol. The highest BCUT2D eigenvalue weighted by Gasteiger charge is 2.14. The smallest absolute Gasteiger partial charge is 0.322 e. The van der Waals surface area contributed by atoms with Crippen molar-refractivity contribution < 1.29 is 19.6 Å². The van der Waals surface area contributed by atoms with E-state index in [2.05, 4.69) is 5.32 Å². The second-order valence-electron chi connectivity index (χ2n) is 3.78. The quantitative estimate of drug-likeness (QED) is 0.378. The van der Waals surface area contributed by atoms with Crippen molar-refractivity contribution in [1.29, 1.82) is 0 Å². The Kier molecular flexibility index (Phi) is 8.36. The lowest BCUT2D eigenvalue weighted by Gasteiger charge is -2.10. The predicted octanol–water partition coefficient (Wildman–Crippen LogP) is 0.637. The number of carbonyl (C=O) groups excluding carboxylic acids is 1. The molecule has 21 heavy (non-hydrogen) atoms. The van der Waals surface area contributed by atoms with Crippen LogP contribution in [0.1, 0.15) is 0 Å². The number of halogens is 1. The molecule has 0 fully saturated rings. The van der Waals surface area contributed by atoms with Gasteiger partial charge in [-0.15, -0.1) is 24.2 Å². The molecule has 8 nitrogen and oxygen atoms in total. The first-order chi connectivity index (χ1) is 9.40. The summed E-state index contributed by atoms with van der Waals surface area (Å²) in [5.41, 5.74) is 5.58. The molecule has 0 aromatic heterocycles. The summed E-state index contributed by atoms with van der Waals surface area (Å²) in [5, 5.41) is 21.1. The van der Waals surface area contributed by atoms with E-state index in [1.54, 1.807) is 12.1 Å². The highest BCUT2D eigenvalue weighted by atomic mass is 35.5. The van der Waals surface area contributed by atoms with Crippen molar-refractivity contribution in [2.75, 3.05) is 12.3 Å². The van der Waals surface area contributed by atoms with Gasteiger partial charge in [-0.05, 0) is 12.1 Å². The van der Waals surface area contributed by atoms with Crippen molar-refractivity contribution in [3.63, 3.8) is 0 Å². The lowest BCUT2D eigenvalue weighted by Crippen LogP contribution is -2.44. The average molecular weight is 336 g/mol. The molecule has 0 bridgehead atoms. The first-order valence-electron chi connectivity index (χ1n) is 5.52. The van der Waals surface area contributed by atoms with Crippen LogP contribution in [-0.4, -0.2) is 40.2 Å². The van der Waals surface area contributed by atoms with E-state index >= 15 is 0 Å². The average Bonchev–Trinajstić information content (AvgIpc) is 2.42. The molecule has 0 saturated carbocycles. The third-order valence-corrected chi connectivity index (χ3v) is 3.36. The molecule has 0 aliphatic heterocycles. The van der Waals surface area contributed by atoms with Crippen molar-refractivity contribution in [1.82, 2.24) is 5.32 Å². The van der Waals surface area contributed by atoms with Gasteiger partial charge in [-0.3, -0.25) is 19.7 Å². The molecule has 0 spiro atoms. The number of carboxylic acid groups (broad SMARTS) is 1. The molecule has 1 aromatic rings. The summed E-state index contributed by atoms with van der Waals surface area (Å²) in [7, 11) is 0. The van der Waals surface area contributed by atoms with Crippen LogP contribution in [0.25, 0.3) is 0 Å². The van der Waals surface area contributed by atoms with Gasteiger partial charge in [0.25, 0.3) is 5.69 Å². The third-order valence-electron chi connectivity index (χ3n) is 2.23. The van der Waals surface area contributed by atoms with Gasteiger partial charge in [-0.25, -0.2) is 0 Å². The Morgan fingerprint density at radius 3 is 2.43 bits per heavy atom. The van der Waals surface area contributed by atoms with Crippen LogP contribution >= 0.6 is 24.2 Å².